The minimum absolute atomic E-state index is 0.125. The van der Waals surface area contributed by atoms with Gasteiger partial charge in [-0.25, -0.2) is 9.78 Å². The highest BCUT2D eigenvalue weighted by Crippen LogP contribution is 2.16. The standard InChI is InChI=1S/C9H9N3O4/c1-3-14-9(13)8-12-11-7(16-8)6-4-15-5(2)10-6/h4H,3H2,1-2H3. The van der Waals surface area contributed by atoms with Crippen LogP contribution in [0.5, 0.6) is 0 Å². The third-order valence-electron chi connectivity index (χ3n) is 1.71. The van der Waals surface area contributed by atoms with Crippen molar-refractivity contribution in [1.82, 2.24) is 15.2 Å². The summed E-state index contributed by atoms with van der Waals surface area (Å²) in [5, 5.41) is 7.21. The summed E-state index contributed by atoms with van der Waals surface area (Å²) in [7, 11) is 0. The summed E-state index contributed by atoms with van der Waals surface area (Å²) in [4.78, 5) is 15.2. The minimum atomic E-state index is -0.651. The van der Waals surface area contributed by atoms with Crippen LogP contribution < -0.4 is 0 Å². The van der Waals surface area contributed by atoms with Gasteiger partial charge in [-0.05, 0) is 6.92 Å². The third-order valence-corrected chi connectivity index (χ3v) is 1.71. The predicted molar refractivity (Wildman–Crippen MR) is 50.5 cm³/mol. The average Bonchev–Trinajstić information content (AvgIpc) is 2.85. The summed E-state index contributed by atoms with van der Waals surface area (Å²) in [5.41, 5.74) is 0.389. The predicted octanol–water partition coefficient (Wildman–Crippen LogP) is 1.21. The van der Waals surface area contributed by atoms with Crippen LogP contribution in [0.25, 0.3) is 11.6 Å². The number of ether oxygens (including phenoxy) is 1. The Hall–Kier alpha value is -2.18. The molecule has 0 aliphatic rings. The second kappa shape index (κ2) is 4.13. The lowest BCUT2D eigenvalue weighted by molar-refractivity contribution is 0.0481. The quantitative estimate of drug-likeness (QED) is 0.722. The van der Waals surface area contributed by atoms with Crippen molar-refractivity contribution in [3.05, 3.63) is 18.0 Å². The Morgan fingerprint density at radius 1 is 1.50 bits per heavy atom. The molecule has 0 saturated heterocycles. The first kappa shape index (κ1) is 10.3. The molecule has 2 heterocycles. The molecule has 0 bridgehead atoms. The maximum absolute atomic E-state index is 11.2. The lowest BCUT2D eigenvalue weighted by atomic mass is 10.5. The van der Waals surface area contributed by atoms with E-state index < -0.39 is 5.97 Å². The Kier molecular flexibility index (Phi) is 2.67. The van der Waals surface area contributed by atoms with Crippen LogP contribution >= 0.6 is 0 Å². The van der Waals surface area contributed by atoms with Crippen molar-refractivity contribution >= 4 is 5.97 Å². The normalized spacial score (nSPS) is 10.4. The van der Waals surface area contributed by atoms with Crippen LogP contribution in [0.4, 0.5) is 0 Å². The zero-order valence-corrected chi connectivity index (χ0v) is 8.76. The van der Waals surface area contributed by atoms with Crippen LogP contribution in [0.3, 0.4) is 0 Å². The zero-order chi connectivity index (χ0) is 11.5. The molecule has 2 rings (SSSR count). The molecule has 2 aromatic rings. The lowest BCUT2D eigenvalue weighted by Crippen LogP contribution is -2.04. The van der Waals surface area contributed by atoms with Crippen LogP contribution in [-0.4, -0.2) is 27.8 Å². The van der Waals surface area contributed by atoms with Crippen LogP contribution in [0.15, 0.2) is 15.1 Å². The molecule has 0 radical (unpaired) electrons. The first-order chi connectivity index (χ1) is 7.70. The van der Waals surface area contributed by atoms with E-state index in [2.05, 4.69) is 15.2 Å². The van der Waals surface area contributed by atoms with Gasteiger partial charge in [0.25, 0.3) is 5.89 Å². The van der Waals surface area contributed by atoms with Gasteiger partial charge in [-0.3, -0.25) is 0 Å². The number of nitrogens with zero attached hydrogens (tertiary/aromatic N) is 3. The van der Waals surface area contributed by atoms with Crippen LogP contribution in [-0.2, 0) is 4.74 Å². The number of hydrogen-bond donors (Lipinski definition) is 0. The molecule has 0 amide bonds. The highest BCUT2D eigenvalue weighted by molar-refractivity contribution is 5.84. The summed E-state index contributed by atoms with van der Waals surface area (Å²) in [5.74, 6) is -0.246. The molecular weight excluding hydrogens is 214 g/mol. The monoisotopic (exact) mass is 223 g/mol. The van der Waals surface area contributed by atoms with Gasteiger partial charge in [-0.2, -0.15) is 0 Å². The third kappa shape index (κ3) is 1.92. The van der Waals surface area contributed by atoms with E-state index in [0.717, 1.165) is 0 Å². The molecule has 84 valence electrons. The second-order valence-electron chi connectivity index (χ2n) is 2.88. The minimum Gasteiger partial charge on any atom is -0.459 e. The largest absolute Gasteiger partial charge is 0.459 e. The number of carbonyl (C=O) groups excluding carboxylic acids is 1. The number of rotatable bonds is 3. The number of oxazole rings is 1. The van der Waals surface area contributed by atoms with Crippen molar-refractivity contribution in [3.63, 3.8) is 0 Å². The van der Waals surface area contributed by atoms with Gasteiger partial charge in [-0.1, -0.05) is 0 Å². The molecule has 0 spiro atoms. The van der Waals surface area contributed by atoms with E-state index in [1.165, 1.54) is 6.26 Å². The molecule has 7 nitrogen and oxygen atoms in total. The maximum atomic E-state index is 11.2. The van der Waals surface area contributed by atoms with E-state index >= 15 is 0 Å². The van der Waals surface area contributed by atoms with Crippen molar-refractivity contribution in [2.45, 2.75) is 13.8 Å². The first-order valence-electron chi connectivity index (χ1n) is 4.64. The Morgan fingerprint density at radius 3 is 2.94 bits per heavy atom. The van der Waals surface area contributed by atoms with E-state index in [1.807, 2.05) is 0 Å². The lowest BCUT2D eigenvalue weighted by Gasteiger charge is -1.93. The van der Waals surface area contributed by atoms with Crippen molar-refractivity contribution in [2.75, 3.05) is 6.61 Å². The van der Waals surface area contributed by atoms with Crippen molar-refractivity contribution in [1.29, 1.82) is 0 Å². The van der Waals surface area contributed by atoms with Gasteiger partial charge in [-0.15, -0.1) is 10.2 Å². The summed E-state index contributed by atoms with van der Waals surface area (Å²) >= 11 is 0. The highest BCUT2D eigenvalue weighted by atomic mass is 16.5. The molecule has 16 heavy (non-hydrogen) atoms. The fourth-order valence-corrected chi connectivity index (χ4v) is 1.06. The molecule has 0 fully saturated rings. The smallest absolute Gasteiger partial charge is 0.396 e. The Balaban J connectivity index is 2.22. The molecule has 0 aliphatic heterocycles. The van der Waals surface area contributed by atoms with Gasteiger partial charge in [0.1, 0.15) is 6.26 Å². The summed E-state index contributed by atoms with van der Waals surface area (Å²) in [6.07, 6.45) is 1.37. The molecule has 0 atom stereocenters. The molecule has 0 aliphatic carbocycles. The fraction of sp³-hybridized carbons (Fsp3) is 0.333. The van der Waals surface area contributed by atoms with Crippen molar-refractivity contribution in [3.8, 4) is 11.6 Å². The molecule has 0 unspecified atom stereocenters. The number of esters is 1. The van der Waals surface area contributed by atoms with E-state index in [-0.39, 0.29) is 18.4 Å². The molecule has 0 saturated carbocycles. The van der Waals surface area contributed by atoms with E-state index in [1.54, 1.807) is 13.8 Å². The number of aromatic nitrogens is 3. The second-order valence-corrected chi connectivity index (χ2v) is 2.88. The fourth-order valence-electron chi connectivity index (χ4n) is 1.06. The van der Waals surface area contributed by atoms with Crippen LogP contribution in [0.2, 0.25) is 0 Å². The summed E-state index contributed by atoms with van der Waals surface area (Å²) in [6, 6.07) is 0. The number of hydrogen-bond acceptors (Lipinski definition) is 7. The van der Waals surface area contributed by atoms with Crippen molar-refractivity contribution < 1.29 is 18.4 Å². The van der Waals surface area contributed by atoms with E-state index in [9.17, 15) is 4.79 Å². The average molecular weight is 223 g/mol. The van der Waals surface area contributed by atoms with Gasteiger partial charge in [0, 0.05) is 6.92 Å². The molecule has 2 aromatic heterocycles. The molecular formula is C9H9N3O4. The van der Waals surface area contributed by atoms with E-state index in [0.29, 0.717) is 11.6 Å². The van der Waals surface area contributed by atoms with Crippen molar-refractivity contribution in [2.24, 2.45) is 0 Å². The van der Waals surface area contributed by atoms with Gasteiger partial charge in [0.2, 0.25) is 0 Å². The van der Waals surface area contributed by atoms with Gasteiger partial charge < -0.3 is 13.6 Å². The molecule has 0 aromatic carbocycles. The Labute approximate surface area is 90.4 Å². The van der Waals surface area contributed by atoms with Crippen LogP contribution in [0, 0.1) is 6.92 Å². The first-order valence-corrected chi connectivity index (χ1v) is 4.64. The number of carbonyl (C=O) groups is 1. The summed E-state index contributed by atoms with van der Waals surface area (Å²) < 4.78 is 14.8. The Morgan fingerprint density at radius 2 is 2.31 bits per heavy atom. The maximum Gasteiger partial charge on any atom is 0.396 e. The van der Waals surface area contributed by atoms with E-state index in [4.69, 9.17) is 13.6 Å². The van der Waals surface area contributed by atoms with Gasteiger partial charge in [0.05, 0.1) is 6.61 Å². The highest BCUT2D eigenvalue weighted by Gasteiger charge is 2.18. The van der Waals surface area contributed by atoms with Gasteiger partial charge in [0.15, 0.2) is 11.6 Å². The molecule has 7 heteroatoms. The number of aryl methyl sites for hydroxylation is 1. The summed E-state index contributed by atoms with van der Waals surface area (Å²) in [6.45, 7) is 3.63. The Bertz CT molecular complexity index is 502. The zero-order valence-electron chi connectivity index (χ0n) is 8.76. The van der Waals surface area contributed by atoms with Gasteiger partial charge >= 0.3 is 11.9 Å². The molecule has 0 N–H and O–H groups in total. The van der Waals surface area contributed by atoms with Crippen LogP contribution in [0.1, 0.15) is 23.5 Å². The topological polar surface area (TPSA) is 91.2 Å². The SMILES string of the molecule is CCOC(=O)c1nnc(-c2coc(C)n2)o1.